The van der Waals surface area contributed by atoms with Gasteiger partial charge in [-0.2, -0.15) is 0 Å². The summed E-state index contributed by atoms with van der Waals surface area (Å²) in [5.41, 5.74) is 1.16. The zero-order chi connectivity index (χ0) is 20.3. The number of benzene rings is 2. The van der Waals surface area contributed by atoms with E-state index in [9.17, 15) is 13.2 Å². The van der Waals surface area contributed by atoms with E-state index in [4.69, 9.17) is 16.3 Å². The number of carbonyl (C=O) groups excluding carboxylic acids is 1. The number of aromatic nitrogens is 1. The van der Waals surface area contributed by atoms with Crippen LogP contribution in [-0.2, 0) is 16.4 Å². The van der Waals surface area contributed by atoms with E-state index in [0.29, 0.717) is 45.8 Å². The van der Waals surface area contributed by atoms with Gasteiger partial charge >= 0.3 is 0 Å². The van der Waals surface area contributed by atoms with Gasteiger partial charge in [0.25, 0.3) is 10.0 Å². The third-order valence-electron chi connectivity index (χ3n) is 5.14. The zero-order valence-electron chi connectivity index (χ0n) is 15.8. The van der Waals surface area contributed by atoms with E-state index >= 15 is 0 Å². The second-order valence-electron chi connectivity index (χ2n) is 7.87. The molecule has 1 aliphatic rings. The Bertz CT molecular complexity index is 1210. The average molecular weight is 418 g/mol. The van der Waals surface area contributed by atoms with Crippen LogP contribution in [0.3, 0.4) is 0 Å². The van der Waals surface area contributed by atoms with Crippen LogP contribution in [0.2, 0.25) is 5.02 Å². The molecule has 1 aromatic heterocycles. The first-order chi connectivity index (χ1) is 13.1. The molecule has 146 valence electrons. The summed E-state index contributed by atoms with van der Waals surface area (Å²) >= 11 is 5.93. The van der Waals surface area contributed by atoms with Gasteiger partial charge in [-0.3, -0.25) is 4.79 Å². The zero-order valence-corrected chi connectivity index (χ0v) is 17.4. The smallest absolute Gasteiger partial charge is 0.268 e. The van der Waals surface area contributed by atoms with Crippen molar-refractivity contribution in [3.8, 4) is 5.75 Å². The first-order valence-corrected chi connectivity index (χ1v) is 10.7. The fourth-order valence-corrected chi connectivity index (χ4v) is 5.60. The lowest BCUT2D eigenvalue weighted by atomic mass is 9.76. The van der Waals surface area contributed by atoms with Gasteiger partial charge in [-0.1, -0.05) is 25.4 Å². The van der Waals surface area contributed by atoms with Crippen LogP contribution in [0, 0.1) is 5.41 Å². The lowest BCUT2D eigenvalue weighted by molar-refractivity contribution is 0.0913. The summed E-state index contributed by atoms with van der Waals surface area (Å²) in [6.07, 6.45) is 0.856. The van der Waals surface area contributed by atoms with Gasteiger partial charge in [0.2, 0.25) is 0 Å². The minimum Gasteiger partial charge on any atom is -0.497 e. The van der Waals surface area contributed by atoms with E-state index in [1.807, 2.05) is 13.8 Å². The molecule has 7 heteroatoms. The summed E-state index contributed by atoms with van der Waals surface area (Å²) in [5.74, 6) is 0.531. The molecule has 2 aromatic carbocycles. The molecule has 0 fully saturated rings. The topological polar surface area (TPSA) is 65.4 Å². The van der Waals surface area contributed by atoms with Gasteiger partial charge in [-0.15, -0.1) is 0 Å². The molecule has 28 heavy (non-hydrogen) atoms. The number of ketones is 1. The van der Waals surface area contributed by atoms with Crippen LogP contribution in [0.25, 0.3) is 10.9 Å². The highest BCUT2D eigenvalue weighted by molar-refractivity contribution is 7.90. The Kier molecular flexibility index (Phi) is 4.32. The highest BCUT2D eigenvalue weighted by atomic mass is 35.5. The number of ether oxygens (including phenoxy) is 1. The summed E-state index contributed by atoms with van der Waals surface area (Å²) in [4.78, 5) is 13.1. The van der Waals surface area contributed by atoms with Crippen molar-refractivity contribution in [2.75, 3.05) is 7.11 Å². The maximum atomic E-state index is 13.5. The van der Waals surface area contributed by atoms with Crippen LogP contribution in [-0.4, -0.2) is 25.3 Å². The van der Waals surface area contributed by atoms with Crippen molar-refractivity contribution < 1.29 is 17.9 Å². The Balaban J connectivity index is 2.08. The Morgan fingerprint density at radius 2 is 1.75 bits per heavy atom. The van der Waals surface area contributed by atoms with Gasteiger partial charge in [0.05, 0.1) is 17.5 Å². The number of nitrogens with zero attached hydrogens (tertiary/aromatic N) is 1. The normalized spacial score (nSPS) is 16.2. The maximum absolute atomic E-state index is 13.5. The molecule has 0 aliphatic heterocycles. The number of Topliss-reactive ketones (excluding diaryl/α,β-unsaturated/α-hetero) is 1. The van der Waals surface area contributed by atoms with E-state index in [1.165, 1.54) is 16.1 Å². The molecule has 0 spiro atoms. The number of hydrogen-bond donors (Lipinski definition) is 0. The molecule has 0 N–H and O–H groups in total. The second kappa shape index (κ2) is 6.36. The Morgan fingerprint density at radius 1 is 1.07 bits per heavy atom. The van der Waals surface area contributed by atoms with Gasteiger partial charge in [-0.25, -0.2) is 12.4 Å². The molecule has 3 aromatic rings. The van der Waals surface area contributed by atoms with Crippen molar-refractivity contribution in [1.82, 2.24) is 3.97 Å². The summed E-state index contributed by atoms with van der Waals surface area (Å²) < 4.78 is 33.7. The molecule has 1 aliphatic carbocycles. The molecule has 0 bridgehead atoms. The second-order valence-corrected chi connectivity index (χ2v) is 10.1. The molecular formula is C21H20ClNO4S. The average Bonchev–Trinajstić information content (AvgIpc) is 2.94. The van der Waals surface area contributed by atoms with Gasteiger partial charge in [-0.05, 0) is 54.3 Å². The van der Waals surface area contributed by atoms with Crippen molar-refractivity contribution in [2.24, 2.45) is 5.41 Å². The number of methoxy groups -OCH3 is 1. The Labute approximate surface area is 168 Å². The van der Waals surface area contributed by atoms with Crippen molar-refractivity contribution in [2.45, 2.75) is 31.6 Å². The van der Waals surface area contributed by atoms with E-state index in [-0.39, 0.29) is 16.1 Å². The van der Waals surface area contributed by atoms with E-state index in [0.717, 1.165) is 0 Å². The maximum Gasteiger partial charge on any atom is 0.268 e. The van der Waals surface area contributed by atoms with E-state index < -0.39 is 10.0 Å². The van der Waals surface area contributed by atoms with Gasteiger partial charge in [0.15, 0.2) is 5.78 Å². The van der Waals surface area contributed by atoms with Crippen molar-refractivity contribution in [1.29, 1.82) is 0 Å². The van der Waals surface area contributed by atoms with Gasteiger partial charge < -0.3 is 4.74 Å². The lowest BCUT2D eigenvalue weighted by Gasteiger charge is -2.29. The minimum absolute atomic E-state index is 0.0467. The van der Waals surface area contributed by atoms with Crippen LogP contribution < -0.4 is 4.74 Å². The van der Waals surface area contributed by atoms with Crippen LogP contribution in [0.4, 0.5) is 0 Å². The Hall–Kier alpha value is -2.31. The highest BCUT2D eigenvalue weighted by Crippen LogP contribution is 2.42. The molecule has 0 unspecified atom stereocenters. The monoisotopic (exact) mass is 417 g/mol. The minimum atomic E-state index is -3.91. The van der Waals surface area contributed by atoms with Crippen LogP contribution >= 0.6 is 11.6 Å². The highest BCUT2D eigenvalue weighted by Gasteiger charge is 2.38. The fourth-order valence-electron chi connectivity index (χ4n) is 3.92. The summed E-state index contributed by atoms with van der Waals surface area (Å²) in [5, 5.41) is 1.06. The summed E-state index contributed by atoms with van der Waals surface area (Å²) in [6, 6.07) is 11.2. The molecule has 0 amide bonds. The number of hydrogen-bond acceptors (Lipinski definition) is 4. The van der Waals surface area contributed by atoms with E-state index in [2.05, 4.69) is 0 Å². The SMILES string of the molecule is COc1ccc2c(c1)c1c(n2S(=O)(=O)c2ccc(Cl)cc2)CC(C)(C)CC1=O. The molecule has 5 nitrogen and oxygen atoms in total. The number of rotatable bonds is 3. The standard InChI is InChI=1S/C21H20ClNO4S/c1-21(2)11-18-20(19(24)12-21)16-10-14(27-3)6-9-17(16)23(18)28(25,26)15-7-4-13(22)5-8-15/h4-10H,11-12H2,1-3H3. The number of carbonyl (C=O) groups is 1. The van der Waals surface area contributed by atoms with Gasteiger partial charge in [0.1, 0.15) is 5.75 Å². The van der Waals surface area contributed by atoms with Crippen LogP contribution in [0.1, 0.15) is 36.3 Å². The predicted molar refractivity (Wildman–Crippen MR) is 109 cm³/mol. The predicted octanol–water partition coefficient (Wildman–Crippen LogP) is 4.70. The van der Waals surface area contributed by atoms with Gasteiger partial charge in [0, 0.05) is 28.1 Å². The third-order valence-corrected chi connectivity index (χ3v) is 7.16. The molecule has 0 saturated carbocycles. The quantitative estimate of drug-likeness (QED) is 0.619. The molecule has 0 atom stereocenters. The van der Waals surface area contributed by atoms with Crippen LogP contribution in [0.15, 0.2) is 47.4 Å². The molecule has 0 radical (unpaired) electrons. The van der Waals surface area contributed by atoms with Crippen molar-refractivity contribution >= 4 is 38.3 Å². The first-order valence-electron chi connectivity index (χ1n) is 8.90. The summed E-state index contributed by atoms with van der Waals surface area (Å²) in [6.45, 7) is 3.96. The molecule has 1 heterocycles. The van der Waals surface area contributed by atoms with Crippen molar-refractivity contribution in [3.05, 3.63) is 58.7 Å². The van der Waals surface area contributed by atoms with E-state index in [1.54, 1.807) is 37.4 Å². The first kappa shape index (κ1) is 19.0. The Morgan fingerprint density at radius 3 is 2.39 bits per heavy atom. The molecule has 0 saturated heterocycles. The summed E-state index contributed by atoms with van der Waals surface area (Å²) in [7, 11) is -2.37. The molecule has 4 rings (SSSR count). The third kappa shape index (κ3) is 2.91. The number of fused-ring (bicyclic) bond motifs is 3. The largest absolute Gasteiger partial charge is 0.497 e. The lowest BCUT2D eigenvalue weighted by Crippen LogP contribution is -2.29. The molecular weight excluding hydrogens is 398 g/mol. The number of halogens is 1. The van der Waals surface area contributed by atoms with Crippen molar-refractivity contribution in [3.63, 3.8) is 0 Å². The van der Waals surface area contributed by atoms with Crippen LogP contribution in [0.5, 0.6) is 5.75 Å². The fraction of sp³-hybridized carbons (Fsp3) is 0.286.